The van der Waals surface area contributed by atoms with Gasteiger partial charge in [-0.25, -0.2) is 4.39 Å². The Kier molecular flexibility index (Phi) is 7.28. The molecular formula is C27H27ClFN3O4. The van der Waals surface area contributed by atoms with Crippen LogP contribution >= 0.6 is 11.6 Å². The van der Waals surface area contributed by atoms with E-state index >= 15 is 0 Å². The molecule has 0 bridgehead atoms. The molecule has 0 aliphatic heterocycles. The summed E-state index contributed by atoms with van der Waals surface area (Å²) in [7, 11) is 0. The molecule has 1 saturated carbocycles. The van der Waals surface area contributed by atoms with E-state index in [0.717, 1.165) is 6.07 Å². The molecule has 3 atom stereocenters. The molecule has 0 spiro atoms. The van der Waals surface area contributed by atoms with Gasteiger partial charge in [0.15, 0.2) is 0 Å². The third kappa shape index (κ3) is 5.05. The Morgan fingerprint density at radius 1 is 1.00 bits per heavy atom. The number of nitrogens with zero attached hydrogens (tertiary/aromatic N) is 1. The van der Waals surface area contributed by atoms with Crippen molar-refractivity contribution < 1.29 is 19.1 Å². The lowest BCUT2D eigenvalue weighted by Crippen LogP contribution is -2.33. The maximum Gasteiger partial charge on any atom is 0.255 e. The third-order valence-corrected chi connectivity index (χ3v) is 7.15. The molecule has 3 aromatic rings. The van der Waals surface area contributed by atoms with Crippen molar-refractivity contribution in [2.24, 2.45) is 17.8 Å². The maximum absolute atomic E-state index is 14.9. The molecule has 1 heterocycles. The number of pyridine rings is 1. The molecule has 1 aromatic heterocycles. The van der Waals surface area contributed by atoms with E-state index in [1.54, 1.807) is 50.2 Å². The molecule has 1 aliphatic rings. The number of hydrogen-bond donors (Lipinski definition) is 3. The first-order valence-electron chi connectivity index (χ1n) is 11.8. The van der Waals surface area contributed by atoms with Crippen molar-refractivity contribution in [2.75, 3.05) is 10.6 Å². The Morgan fingerprint density at radius 2 is 1.64 bits per heavy atom. The average Bonchev–Trinajstić information content (AvgIpc) is 3.63. The van der Waals surface area contributed by atoms with Crippen molar-refractivity contribution in [1.29, 1.82) is 0 Å². The second kappa shape index (κ2) is 10.2. The Balaban J connectivity index is 1.55. The van der Waals surface area contributed by atoms with Gasteiger partial charge in [0.05, 0.1) is 28.8 Å². The molecule has 0 radical (unpaired) electrons. The van der Waals surface area contributed by atoms with Crippen LogP contribution in [0.2, 0.25) is 5.02 Å². The van der Waals surface area contributed by atoms with Crippen molar-refractivity contribution in [2.45, 2.75) is 32.3 Å². The summed E-state index contributed by atoms with van der Waals surface area (Å²) in [5.41, 5.74) is -0.786. The molecule has 0 saturated heterocycles. The molecule has 3 N–H and O–H groups in total. The highest BCUT2D eigenvalue weighted by Gasteiger charge is 2.65. The van der Waals surface area contributed by atoms with E-state index in [9.17, 15) is 23.9 Å². The highest BCUT2D eigenvalue weighted by molar-refractivity contribution is 6.30. The van der Waals surface area contributed by atoms with Crippen LogP contribution in [-0.4, -0.2) is 27.1 Å². The Labute approximate surface area is 212 Å². The van der Waals surface area contributed by atoms with Crippen LogP contribution < -0.4 is 16.2 Å². The summed E-state index contributed by atoms with van der Waals surface area (Å²) in [5.74, 6) is -3.92. The van der Waals surface area contributed by atoms with E-state index in [1.807, 2.05) is 0 Å². The molecule has 1 aliphatic carbocycles. The minimum absolute atomic E-state index is 0.0771. The van der Waals surface area contributed by atoms with Gasteiger partial charge in [-0.05, 0) is 55.3 Å². The second-order valence-electron chi connectivity index (χ2n) is 8.95. The van der Waals surface area contributed by atoms with Crippen LogP contribution in [0.25, 0.3) is 5.69 Å². The van der Waals surface area contributed by atoms with Gasteiger partial charge in [0, 0.05) is 35.0 Å². The molecule has 7 nitrogen and oxygen atoms in total. The number of nitrogens with one attached hydrogen (secondary N) is 2. The first kappa shape index (κ1) is 25.6. The van der Waals surface area contributed by atoms with Gasteiger partial charge >= 0.3 is 0 Å². The standard InChI is InChI=1S/C27H27ClFN3O4/c1-3-27(36,4-2)24-22(25(34)30-17-10-8-16(28)9-11-17)23(24)26(35)31-20-13-12-18(15-19(20)29)32-14-6-5-7-21(32)33/h5-15,22-24,36H,3-4H2,1-2H3,(H,30,34)(H,31,35). The van der Waals surface area contributed by atoms with E-state index < -0.39 is 41.0 Å². The number of carbonyl (C=O) groups excluding carboxylic acids is 2. The fourth-order valence-electron chi connectivity index (χ4n) is 4.72. The fourth-order valence-corrected chi connectivity index (χ4v) is 4.85. The molecule has 2 amide bonds. The summed E-state index contributed by atoms with van der Waals surface area (Å²) in [6.45, 7) is 3.60. The van der Waals surface area contributed by atoms with E-state index in [0.29, 0.717) is 29.2 Å². The van der Waals surface area contributed by atoms with E-state index in [4.69, 9.17) is 11.6 Å². The quantitative estimate of drug-likeness (QED) is 0.411. The predicted octanol–water partition coefficient (Wildman–Crippen LogP) is 4.62. The first-order valence-corrected chi connectivity index (χ1v) is 12.1. The third-order valence-electron chi connectivity index (χ3n) is 6.89. The minimum atomic E-state index is -1.22. The van der Waals surface area contributed by atoms with Gasteiger partial charge in [0.2, 0.25) is 11.8 Å². The Hall–Kier alpha value is -3.49. The molecule has 188 valence electrons. The van der Waals surface area contributed by atoms with E-state index in [1.165, 1.54) is 29.0 Å². The van der Waals surface area contributed by atoms with Crippen molar-refractivity contribution in [3.63, 3.8) is 0 Å². The van der Waals surface area contributed by atoms with E-state index in [-0.39, 0.29) is 11.2 Å². The van der Waals surface area contributed by atoms with Crippen molar-refractivity contribution in [3.8, 4) is 5.69 Å². The van der Waals surface area contributed by atoms with Crippen LogP contribution in [0.3, 0.4) is 0 Å². The lowest BCUT2D eigenvalue weighted by atomic mass is 9.89. The van der Waals surface area contributed by atoms with Gasteiger partial charge < -0.3 is 15.7 Å². The zero-order chi connectivity index (χ0) is 26.0. The van der Waals surface area contributed by atoms with Gasteiger partial charge in [0.1, 0.15) is 5.82 Å². The summed E-state index contributed by atoms with van der Waals surface area (Å²) in [6, 6.07) is 15.2. The summed E-state index contributed by atoms with van der Waals surface area (Å²) < 4.78 is 16.2. The SMILES string of the molecule is CCC(O)(CC)C1C(C(=O)Nc2ccc(Cl)cc2)C1C(=O)Nc1ccc(-n2ccccc2=O)cc1F. The topological polar surface area (TPSA) is 100 Å². The maximum atomic E-state index is 14.9. The number of benzene rings is 2. The van der Waals surface area contributed by atoms with Crippen molar-refractivity contribution >= 4 is 34.8 Å². The van der Waals surface area contributed by atoms with Gasteiger partial charge in [-0.1, -0.05) is 31.5 Å². The van der Waals surface area contributed by atoms with Crippen LogP contribution in [0.4, 0.5) is 15.8 Å². The Bertz CT molecular complexity index is 1340. The number of halogens is 2. The van der Waals surface area contributed by atoms with Crippen LogP contribution in [0.15, 0.2) is 71.7 Å². The van der Waals surface area contributed by atoms with Crippen molar-refractivity contribution in [3.05, 3.63) is 88.1 Å². The number of aromatic nitrogens is 1. The molecule has 4 rings (SSSR count). The molecule has 9 heteroatoms. The number of rotatable bonds is 8. The summed E-state index contributed by atoms with van der Waals surface area (Å²) in [5, 5.41) is 17.0. The van der Waals surface area contributed by atoms with Crippen LogP contribution in [0.5, 0.6) is 0 Å². The Morgan fingerprint density at radius 3 is 2.22 bits per heavy atom. The average molecular weight is 512 g/mol. The monoisotopic (exact) mass is 511 g/mol. The smallest absolute Gasteiger partial charge is 0.255 e. The number of aliphatic hydroxyl groups is 1. The van der Waals surface area contributed by atoms with Gasteiger partial charge in [0.25, 0.3) is 5.56 Å². The van der Waals surface area contributed by atoms with Crippen molar-refractivity contribution in [1.82, 2.24) is 4.57 Å². The second-order valence-corrected chi connectivity index (χ2v) is 9.38. The normalized spacial score (nSPS) is 19.0. The predicted molar refractivity (Wildman–Crippen MR) is 137 cm³/mol. The lowest BCUT2D eigenvalue weighted by molar-refractivity contribution is -0.122. The molecule has 36 heavy (non-hydrogen) atoms. The first-order chi connectivity index (χ1) is 17.2. The lowest BCUT2D eigenvalue weighted by Gasteiger charge is -2.26. The highest BCUT2D eigenvalue weighted by Crippen LogP contribution is 2.56. The summed E-state index contributed by atoms with van der Waals surface area (Å²) in [6.07, 6.45) is 2.24. The number of carbonyl (C=O) groups is 2. The van der Waals surface area contributed by atoms with Gasteiger partial charge in [-0.3, -0.25) is 19.0 Å². The number of anilines is 2. The number of amides is 2. The summed E-state index contributed by atoms with van der Waals surface area (Å²) in [4.78, 5) is 38.3. The van der Waals surface area contributed by atoms with Crippen LogP contribution in [0.1, 0.15) is 26.7 Å². The van der Waals surface area contributed by atoms with Gasteiger partial charge in [-0.15, -0.1) is 0 Å². The van der Waals surface area contributed by atoms with Crippen LogP contribution in [-0.2, 0) is 9.59 Å². The molecule has 2 aromatic carbocycles. The molecule has 3 unspecified atom stereocenters. The largest absolute Gasteiger partial charge is 0.390 e. The fraction of sp³-hybridized carbons (Fsp3) is 0.296. The molecular weight excluding hydrogens is 485 g/mol. The zero-order valence-electron chi connectivity index (χ0n) is 19.9. The van der Waals surface area contributed by atoms with Crippen LogP contribution in [0, 0.1) is 23.6 Å². The number of hydrogen-bond acceptors (Lipinski definition) is 4. The highest BCUT2D eigenvalue weighted by atomic mass is 35.5. The zero-order valence-corrected chi connectivity index (χ0v) is 20.6. The summed E-state index contributed by atoms with van der Waals surface area (Å²) >= 11 is 5.90. The minimum Gasteiger partial charge on any atom is -0.390 e. The van der Waals surface area contributed by atoms with Gasteiger partial charge in [-0.2, -0.15) is 0 Å². The molecule has 1 fully saturated rings. The van der Waals surface area contributed by atoms with E-state index in [2.05, 4.69) is 10.6 Å².